The molecule has 0 radical (unpaired) electrons. The first-order valence-corrected chi connectivity index (χ1v) is 10.0. The largest absolute Gasteiger partial charge is 0.481 e. The van der Waals surface area contributed by atoms with Gasteiger partial charge in [0.1, 0.15) is 0 Å². The molecule has 0 bridgehead atoms. The predicted molar refractivity (Wildman–Crippen MR) is 113 cm³/mol. The van der Waals surface area contributed by atoms with Crippen LogP contribution in [0.2, 0.25) is 0 Å². The van der Waals surface area contributed by atoms with Crippen molar-refractivity contribution in [2.45, 2.75) is 43.9 Å². The molecule has 10 heteroatoms. The molecule has 0 aromatic heterocycles. The molecule has 0 fully saturated rings. The van der Waals surface area contributed by atoms with Crippen LogP contribution < -0.4 is 11.5 Å². The van der Waals surface area contributed by atoms with Gasteiger partial charge in [-0.15, -0.1) is 0 Å². The molecule has 2 aromatic rings. The van der Waals surface area contributed by atoms with Gasteiger partial charge in [-0.3, -0.25) is 9.59 Å². The smallest absolute Gasteiger partial charge is 0.416 e. The third-order valence-electron chi connectivity index (χ3n) is 4.04. The topological polar surface area (TPSA) is 127 Å². The first kappa shape index (κ1) is 26.6. The van der Waals surface area contributed by atoms with Gasteiger partial charge in [-0.25, -0.2) is 0 Å². The van der Waals surface area contributed by atoms with Crippen LogP contribution >= 0.6 is 15.9 Å². The van der Waals surface area contributed by atoms with E-state index >= 15 is 0 Å². The van der Waals surface area contributed by atoms with Gasteiger partial charge < -0.3 is 21.7 Å². The Hall–Kier alpha value is -2.43. The Bertz CT molecular complexity index is 860. The van der Waals surface area contributed by atoms with Crippen LogP contribution in [0.5, 0.6) is 0 Å². The van der Waals surface area contributed by atoms with Crippen molar-refractivity contribution in [3.63, 3.8) is 0 Å². The standard InChI is InChI=1S/C11H12F3NO2.C10H12BrNO2/c12-11(13,14)8-3-1-2-7(4-8)5-9(15)6-10(16)17;11-8-3-1-7(2-4-8)5-9(12)6-10(13)14/h1-4,9H,5-6,15H2,(H,16,17);1-4,9H,5-6,12H2,(H,13,14)/t2*9-/m00/s1. The number of carboxylic acid groups (broad SMARTS) is 2. The monoisotopic (exact) mass is 504 g/mol. The molecule has 0 saturated carbocycles. The molecule has 0 aliphatic carbocycles. The van der Waals surface area contributed by atoms with Crippen molar-refractivity contribution >= 4 is 27.9 Å². The summed E-state index contributed by atoms with van der Waals surface area (Å²) in [5, 5.41) is 17.0. The zero-order valence-electron chi connectivity index (χ0n) is 16.5. The van der Waals surface area contributed by atoms with E-state index in [1.54, 1.807) is 0 Å². The van der Waals surface area contributed by atoms with E-state index < -0.39 is 29.7 Å². The Labute approximate surface area is 186 Å². The second-order valence-corrected chi connectivity index (χ2v) is 7.86. The van der Waals surface area contributed by atoms with Crippen LogP contribution in [0.3, 0.4) is 0 Å². The molecule has 2 atom stereocenters. The summed E-state index contributed by atoms with van der Waals surface area (Å²) in [7, 11) is 0. The van der Waals surface area contributed by atoms with Gasteiger partial charge >= 0.3 is 18.1 Å². The van der Waals surface area contributed by atoms with E-state index in [2.05, 4.69) is 15.9 Å². The maximum atomic E-state index is 12.4. The van der Waals surface area contributed by atoms with Crippen molar-refractivity contribution in [1.82, 2.24) is 0 Å². The molecule has 2 aromatic carbocycles. The van der Waals surface area contributed by atoms with Gasteiger partial charge in [-0.05, 0) is 42.2 Å². The molecule has 0 saturated heterocycles. The van der Waals surface area contributed by atoms with Crippen LogP contribution in [0.15, 0.2) is 53.0 Å². The third-order valence-corrected chi connectivity index (χ3v) is 4.57. The van der Waals surface area contributed by atoms with Gasteiger partial charge in [0.15, 0.2) is 0 Å². The van der Waals surface area contributed by atoms with Gasteiger partial charge in [0, 0.05) is 16.6 Å². The van der Waals surface area contributed by atoms with E-state index in [9.17, 15) is 22.8 Å². The summed E-state index contributed by atoms with van der Waals surface area (Å²) in [5.41, 5.74) is 11.8. The molecule has 0 spiro atoms. The molecular formula is C21H24BrF3N2O4. The molecule has 0 unspecified atom stereocenters. The van der Waals surface area contributed by atoms with Crippen LogP contribution in [-0.4, -0.2) is 34.2 Å². The molecule has 0 aliphatic heterocycles. The van der Waals surface area contributed by atoms with Crippen molar-refractivity contribution in [3.05, 3.63) is 69.7 Å². The number of hydrogen-bond donors (Lipinski definition) is 4. The molecule has 170 valence electrons. The number of nitrogens with two attached hydrogens (primary N) is 2. The second kappa shape index (κ2) is 12.4. The zero-order chi connectivity index (χ0) is 23.6. The van der Waals surface area contributed by atoms with Gasteiger partial charge in [-0.2, -0.15) is 13.2 Å². The second-order valence-electron chi connectivity index (χ2n) is 6.95. The van der Waals surface area contributed by atoms with Crippen LogP contribution in [0.4, 0.5) is 13.2 Å². The minimum absolute atomic E-state index is 0.00998. The summed E-state index contributed by atoms with van der Waals surface area (Å²) < 4.78 is 38.2. The van der Waals surface area contributed by atoms with Gasteiger partial charge in [-0.1, -0.05) is 46.3 Å². The number of alkyl halides is 3. The molecule has 31 heavy (non-hydrogen) atoms. The average molecular weight is 505 g/mol. The first-order chi connectivity index (χ1) is 14.4. The fraction of sp³-hybridized carbons (Fsp3) is 0.333. The number of rotatable bonds is 8. The number of hydrogen-bond acceptors (Lipinski definition) is 4. The normalized spacial score (nSPS) is 13.0. The number of halogens is 4. The molecule has 0 amide bonds. The molecule has 0 heterocycles. The lowest BCUT2D eigenvalue weighted by Gasteiger charge is -2.11. The number of carboxylic acids is 2. The summed E-state index contributed by atoms with van der Waals surface area (Å²) in [4.78, 5) is 20.7. The molecule has 2 rings (SSSR count). The first-order valence-electron chi connectivity index (χ1n) is 9.22. The predicted octanol–water partition coefficient (Wildman–Crippen LogP) is 3.84. The van der Waals surface area contributed by atoms with Crippen LogP contribution in [0.25, 0.3) is 0 Å². The fourth-order valence-electron chi connectivity index (χ4n) is 2.69. The Morgan fingerprint density at radius 2 is 1.35 bits per heavy atom. The quantitative estimate of drug-likeness (QED) is 0.432. The van der Waals surface area contributed by atoms with E-state index in [0.29, 0.717) is 12.0 Å². The van der Waals surface area contributed by atoms with Crippen LogP contribution in [-0.2, 0) is 28.6 Å². The highest BCUT2D eigenvalue weighted by Gasteiger charge is 2.30. The number of carbonyl (C=O) groups is 2. The van der Waals surface area contributed by atoms with E-state index in [1.807, 2.05) is 24.3 Å². The third kappa shape index (κ3) is 11.5. The minimum atomic E-state index is -4.40. The van der Waals surface area contributed by atoms with Crippen LogP contribution in [0.1, 0.15) is 29.5 Å². The fourth-order valence-corrected chi connectivity index (χ4v) is 2.96. The van der Waals surface area contributed by atoms with Crippen molar-refractivity contribution in [3.8, 4) is 0 Å². The molecule has 6 N–H and O–H groups in total. The summed E-state index contributed by atoms with van der Waals surface area (Å²) in [6.45, 7) is 0. The zero-order valence-corrected chi connectivity index (χ0v) is 18.1. The van der Waals surface area contributed by atoms with E-state index in [0.717, 1.165) is 22.2 Å². The summed E-state index contributed by atoms with van der Waals surface area (Å²) in [6.07, 6.45) is -3.95. The summed E-state index contributed by atoms with van der Waals surface area (Å²) >= 11 is 3.33. The maximum absolute atomic E-state index is 12.4. The van der Waals surface area contributed by atoms with Gasteiger partial charge in [0.05, 0.1) is 18.4 Å². The average Bonchev–Trinajstić information content (AvgIpc) is 2.62. The highest BCUT2D eigenvalue weighted by molar-refractivity contribution is 9.10. The Morgan fingerprint density at radius 3 is 1.81 bits per heavy atom. The van der Waals surface area contributed by atoms with E-state index in [1.165, 1.54) is 12.1 Å². The van der Waals surface area contributed by atoms with E-state index in [4.69, 9.17) is 21.7 Å². The Morgan fingerprint density at radius 1 is 0.871 bits per heavy atom. The number of benzene rings is 2. The highest BCUT2D eigenvalue weighted by atomic mass is 79.9. The lowest BCUT2D eigenvalue weighted by Crippen LogP contribution is -2.26. The lowest BCUT2D eigenvalue weighted by molar-refractivity contribution is -0.138. The lowest BCUT2D eigenvalue weighted by atomic mass is 10.0. The Balaban J connectivity index is 0.000000316. The maximum Gasteiger partial charge on any atom is 0.416 e. The Kier molecular flexibility index (Phi) is 10.7. The van der Waals surface area contributed by atoms with Crippen molar-refractivity contribution < 1.29 is 33.0 Å². The molecule has 0 aliphatic rings. The highest BCUT2D eigenvalue weighted by Crippen LogP contribution is 2.29. The summed E-state index contributed by atoms with van der Waals surface area (Å²) in [6, 6.07) is 11.4. The van der Waals surface area contributed by atoms with E-state index in [-0.39, 0.29) is 25.3 Å². The minimum Gasteiger partial charge on any atom is -0.481 e. The van der Waals surface area contributed by atoms with Crippen LogP contribution in [0, 0.1) is 0 Å². The van der Waals surface area contributed by atoms with Crippen molar-refractivity contribution in [1.29, 1.82) is 0 Å². The van der Waals surface area contributed by atoms with Crippen molar-refractivity contribution in [2.75, 3.05) is 0 Å². The van der Waals surface area contributed by atoms with Gasteiger partial charge in [0.2, 0.25) is 0 Å². The summed E-state index contributed by atoms with van der Waals surface area (Å²) in [5.74, 6) is -1.92. The molecule has 6 nitrogen and oxygen atoms in total. The SMILES string of the molecule is N[C@H](CC(=O)O)Cc1ccc(Br)cc1.N[C@H](CC(=O)O)Cc1cccc(C(F)(F)F)c1. The van der Waals surface area contributed by atoms with Gasteiger partial charge in [0.25, 0.3) is 0 Å². The number of aliphatic carboxylic acids is 2. The van der Waals surface area contributed by atoms with Crippen molar-refractivity contribution in [2.24, 2.45) is 11.5 Å². The molecular weight excluding hydrogens is 481 g/mol.